The molecule has 8 aliphatic rings. The summed E-state index contributed by atoms with van der Waals surface area (Å²) in [7, 11) is 0. The van der Waals surface area contributed by atoms with Crippen molar-refractivity contribution < 1.29 is 37.2 Å². The van der Waals surface area contributed by atoms with Crippen LogP contribution in [-0.2, 0) is 43.3 Å². The zero-order valence-electron chi connectivity index (χ0n) is 72.3. The number of rotatable bonds is 11. The van der Waals surface area contributed by atoms with Crippen LogP contribution in [0, 0.1) is 38.5 Å². The molecule has 0 atom stereocenters. The summed E-state index contributed by atoms with van der Waals surface area (Å²) < 4.78 is 34.6. The van der Waals surface area contributed by atoms with Gasteiger partial charge in [0.1, 0.15) is 23.0 Å². The predicted molar refractivity (Wildman–Crippen MR) is 468 cm³/mol. The lowest BCUT2D eigenvalue weighted by molar-refractivity contribution is -0.477. The molecule has 0 aromatic heterocycles. The second-order valence-corrected chi connectivity index (χ2v) is 39.6. The van der Waals surface area contributed by atoms with E-state index in [4.69, 9.17) is 18.9 Å². The molecule has 4 saturated carbocycles. The van der Waals surface area contributed by atoms with Crippen molar-refractivity contribution in [1.82, 2.24) is 0 Å². The van der Waals surface area contributed by atoms with E-state index < -0.39 is 0 Å². The molecule has 9 aromatic carbocycles. The van der Waals surface area contributed by atoms with E-state index in [9.17, 15) is 0 Å². The summed E-state index contributed by atoms with van der Waals surface area (Å²) >= 11 is 0. The topological polar surface area (TPSA) is 49.0 Å². The number of hydrogen-bond acceptors (Lipinski definition) is 4. The van der Waals surface area contributed by atoms with Crippen molar-refractivity contribution in [2.45, 2.75) is 254 Å². The molecule has 8 nitrogen and oxygen atoms in total. The van der Waals surface area contributed by atoms with Crippen molar-refractivity contribution in [2.24, 2.45) is 17.8 Å². The van der Waals surface area contributed by atoms with Gasteiger partial charge in [0, 0.05) is 68.6 Å². The third-order valence-corrected chi connectivity index (χ3v) is 25.6. The van der Waals surface area contributed by atoms with E-state index in [1.807, 2.05) is 0 Å². The SMILES string of the molecule is CCC(C)(C)c1cc2c(c(C(C)(C)CC)c1)OC[N+](c1ccccc1C(C)(C)C)=C2.Cc1cc2c(c(C(C)(C)c3ccccc3)c1)OC[N+](c1ccccc1C(C)(C)C)=C2.Cc1cc2c(c(C34CC5CC(CC(C5)C3)C4)c1)OC[N+](c1ccccc1C(C)(C)C)=C2.Cc1cccc2c1OC[N+](c1ccccc1C(C)(C)C)=C2. The van der Waals surface area contributed by atoms with Crippen LogP contribution in [0.25, 0.3) is 0 Å². The number of ether oxygens (including phenoxy) is 4. The zero-order chi connectivity index (χ0) is 80.3. The molecule has 0 saturated heterocycles. The Morgan fingerprint density at radius 1 is 0.321 bits per heavy atom. The molecule has 4 bridgehead atoms. The summed E-state index contributed by atoms with van der Waals surface area (Å²) in [5, 5.41) is 0. The Labute approximate surface area is 673 Å². The van der Waals surface area contributed by atoms with Crippen LogP contribution in [0.4, 0.5) is 22.7 Å². The first-order valence-electron chi connectivity index (χ1n) is 41.9. The predicted octanol–water partition coefficient (Wildman–Crippen LogP) is 25.5. The maximum atomic E-state index is 6.63. The third kappa shape index (κ3) is 16.9. The Balaban J connectivity index is 0.000000132. The maximum absolute atomic E-state index is 6.63. The molecule has 4 heterocycles. The monoisotopic (exact) mass is 1500 g/mol. The van der Waals surface area contributed by atoms with Crippen molar-refractivity contribution in [3.8, 4) is 23.0 Å². The van der Waals surface area contributed by atoms with Crippen LogP contribution in [0.15, 0.2) is 182 Å². The Bertz CT molecular complexity index is 5070. The van der Waals surface area contributed by atoms with Crippen molar-refractivity contribution in [3.05, 3.63) is 271 Å². The van der Waals surface area contributed by atoms with Crippen LogP contribution in [0.2, 0.25) is 0 Å². The Hall–Kier alpha value is -9.14. The first-order chi connectivity index (χ1) is 52.8. The molecule has 0 unspecified atom stereocenters. The van der Waals surface area contributed by atoms with Gasteiger partial charge in [-0.15, -0.1) is 0 Å². The quantitative estimate of drug-likeness (QED) is 0.121. The smallest absolute Gasteiger partial charge is 0.292 e. The fourth-order valence-electron chi connectivity index (χ4n) is 18.9. The summed E-state index contributed by atoms with van der Waals surface area (Å²) in [6.45, 7) is 54.4. The standard InChI is InChI=1S/C29H36NO.C28H32NO.C28H40NO.C19H22NO/c1-19-9-23-17-30(26-8-6-5-7-24(26)28(2,3)4)18-31-27(23)25(10-19)29-14-20-11-21(15-29)13-22(12-20)16-29;1-20-16-21-18-29(25-15-11-10-14-23(25)27(2,3)4)19-30-26(21)24(17-20)28(5,6)22-12-8-7-9-13-22;1-10-27(6,7)21-16-20-18-29(24-15-13-12-14-22(24)26(3,4)5)19-30-25(20)23(17-21)28(8,9)11-2;1-14-8-7-9-15-12-20(13-21-18(14)15)17-11-6-5-10-16(17)19(2,3)4/h5-10,17,20-22H,11-16,18H2,1-4H3;7-18H,19H2,1-6H3;12-18H,10-11,19H2,1-9H3;5-12H,13H2,1-4H3/q4*+1. The number of aryl methyl sites for hydroxylation is 3. The van der Waals surface area contributed by atoms with E-state index in [0.717, 1.165) is 59.0 Å². The van der Waals surface area contributed by atoms with Gasteiger partial charge in [0.05, 0.1) is 22.3 Å². The van der Waals surface area contributed by atoms with E-state index in [0.29, 0.717) is 32.3 Å². The van der Waals surface area contributed by atoms with Crippen LogP contribution >= 0.6 is 0 Å². The minimum absolute atomic E-state index is 0.0672. The molecule has 0 N–H and O–H groups in total. The normalized spacial score (nSPS) is 19.0. The van der Waals surface area contributed by atoms with E-state index >= 15 is 0 Å². The Morgan fingerprint density at radius 3 is 1.10 bits per heavy atom. The summed E-state index contributed by atoms with van der Waals surface area (Å²) in [5.74, 6) is 7.08. The van der Waals surface area contributed by atoms with Crippen molar-refractivity contribution >= 4 is 47.6 Å². The molecular formula is C104H130N4O4+4. The number of para-hydroxylation sites is 5. The van der Waals surface area contributed by atoms with E-state index in [1.165, 1.54) is 145 Å². The van der Waals surface area contributed by atoms with Gasteiger partial charge >= 0.3 is 0 Å². The lowest BCUT2D eigenvalue weighted by atomic mass is 9.48. The molecule has 0 amide bonds. The van der Waals surface area contributed by atoms with Gasteiger partial charge in [-0.1, -0.05) is 272 Å². The molecule has 0 spiro atoms. The third-order valence-electron chi connectivity index (χ3n) is 25.6. The van der Waals surface area contributed by atoms with Crippen LogP contribution < -0.4 is 18.9 Å². The second-order valence-electron chi connectivity index (χ2n) is 39.6. The molecule has 4 aliphatic heterocycles. The average Bonchev–Trinajstić information content (AvgIpc) is 0.720. The molecule has 8 heteroatoms. The van der Waals surface area contributed by atoms with Gasteiger partial charge < -0.3 is 18.9 Å². The molecule has 4 aliphatic carbocycles. The van der Waals surface area contributed by atoms with Gasteiger partial charge in [-0.2, -0.15) is 18.3 Å². The first kappa shape index (κ1) is 80.9. The van der Waals surface area contributed by atoms with Gasteiger partial charge in [-0.25, -0.2) is 0 Å². The van der Waals surface area contributed by atoms with Crippen LogP contribution in [0.1, 0.15) is 279 Å². The fraction of sp³-hybridized carbons (Fsp3) is 0.442. The van der Waals surface area contributed by atoms with E-state index in [-0.39, 0.29) is 37.9 Å². The molecule has 586 valence electrons. The Kier molecular flexibility index (Phi) is 22.6. The maximum Gasteiger partial charge on any atom is 0.292 e. The first-order valence-corrected chi connectivity index (χ1v) is 41.9. The number of benzene rings is 9. The van der Waals surface area contributed by atoms with Gasteiger partial charge in [-0.05, 0) is 180 Å². The van der Waals surface area contributed by atoms with Crippen LogP contribution in [0.3, 0.4) is 0 Å². The van der Waals surface area contributed by atoms with Crippen molar-refractivity contribution in [2.75, 3.05) is 26.9 Å². The lowest BCUT2D eigenvalue weighted by Gasteiger charge is -2.57. The number of nitrogens with zero attached hydrogens (tertiary/aromatic N) is 4. The summed E-state index contributed by atoms with van der Waals surface area (Å²) in [4.78, 5) is 0. The zero-order valence-corrected chi connectivity index (χ0v) is 72.3. The highest BCUT2D eigenvalue weighted by Crippen LogP contribution is 2.62. The molecule has 0 radical (unpaired) electrons. The number of hydrogen-bond donors (Lipinski definition) is 0. The van der Waals surface area contributed by atoms with Gasteiger partial charge in [-0.3, -0.25) is 0 Å². The van der Waals surface area contributed by atoms with Crippen molar-refractivity contribution in [1.29, 1.82) is 0 Å². The molecule has 17 rings (SSSR count). The van der Waals surface area contributed by atoms with Gasteiger partial charge in [0.25, 0.3) is 26.9 Å². The highest BCUT2D eigenvalue weighted by Gasteiger charge is 2.53. The fourth-order valence-corrected chi connectivity index (χ4v) is 18.9. The van der Waals surface area contributed by atoms with Crippen molar-refractivity contribution in [3.63, 3.8) is 0 Å². The van der Waals surface area contributed by atoms with E-state index in [2.05, 4.69) is 384 Å². The minimum Gasteiger partial charge on any atom is -0.435 e. The van der Waals surface area contributed by atoms with E-state index in [1.54, 1.807) is 0 Å². The number of fused-ring (bicyclic) bond motifs is 4. The summed E-state index contributed by atoms with van der Waals surface area (Å²) in [6, 6.07) is 65.7. The minimum atomic E-state index is -0.142. The lowest BCUT2D eigenvalue weighted by Crippen LogP contribution is -2.49. The highest BCUT2D eigenvalue weighted by molar-refractivity contribution is 5.86. The largest absolute Gasteiger partial charge is 0.435 e. The van der Waals surface area contributed by atoms with Crippen LogP contribution in [0.5, 0.6) is 23.0 Å². The Morgan fingerprint density at radius 2 is 0.679 bits per heavy atom. The summed E-state index contributed by atoms with van der Waals surface area (Å²) in [5.41, 5.74) is 26.4. The summed E-state index contributed by atoms with van der Waals surface area (Å²) in [6.07, 6.45) is 19.9. The van der Waals surface area contributed by atoms with Gasteiger partial charge in [0.15, 0.2) is 24.9 Å². The molecule has 112 heavy (non-hydrogen) atoms. The van der Waals surface area contributed by atoms with Crippen LogP contribution in [-0.4, -0.2) is 70.1 Å². The average molecular weight is 1500 g/mol. The second kappa shape index (κ2) is 31.3. The molecule has 4 fully saturated rings. The molecular weight excluding hydrogens is 1370 g/mol. The highest BCUT2D eigenvalue weighted by atomic mass is 16.5. The van der Waals surface area contributed by atoms with Gasteiger partial charge in [0.2, 0.25) is 22.7 Å². The molecule has 9 aromatic rings.